The van der Waals surface area contributed by atoms with Crippen molar-refractivity contribution in [3.8, 4) is 5.75 Å². The van der Waals surface area contributed by atoms with Crippen LogP contribution in [0.1, 0.15) is 24.7 Å². The van der Waals surface area contributed by atoms with Crippen LogP contribution in [0.25, 0.3) is 0 Å². The van der Waals surface area contributed by atoms with E-state index < -0.39 is 12.0 Å². The molecule has 0 spiro atoms. The van der Waals surface area contributed by atoms with E-state index in [0.717, 1.165) is 24.4 Å². The Labute approximate surface area is 136 Å². The molecule has 2 rings (SSSR count). The molecule has 1 amide bonds. The number of hydrogen-bond donors (Lipinski definition) is 2. The molecule has 1 aromatic carbocycles. The van der Waals surface area contributed by atoms with E-state index in [4.69, 9.17) is 4.74 Å². The van der Waals surface area contributed by atoms with Crippen molar-refractivity contribution in [1.29, 1.82) is 0 Å². The monoisotopic (exact) mass is 317 g/mol. The van der Waals surface area contributed by atoms with Gasteiger partial charge in [0.15, 0.2) is 6.10 Å². The van der Waals surface area contributed by atoms with Crippen molar-refractivity contribution in [2.45, 2.75) is 39.5 Å². The second-order valence-corrected chi connectivity index (χ2v) is 5.35. The number of aryl methyl sites for hydroxylation is 2. The lowest BCUT2D eigenvalue weighted by Crippen LogP contribution is -2.38. The molecule has 2 aromatic rings. The van der Waals surface area contributed by atoms with Crippen LogP contribution >= 0.6 is 0 Å². The van der Waals surface area contributed by atoms with Crippen molar-refractivity contribution in [2.75, 3.05) is 6.61 Å². The van der Waals surface area contributed by atoms with Crippen LogP contribution in [0, 0.1) is 6.92 Å². The second-order valence-electron chi connectivity index (χ2n) is 5.35. The van der Waals surface area contributed by atoms with Crippen LogP contribution in [0.2, 0.25) is 0 Å². The third-order valence-corrected chi connectivity index (χ3v) is 3.48. The number of benzene rings is 1. The zero-order chi connectivity index (χ0) is 16.7. The summed E-state index contributed by atoms with van der Waals surface area (Å²) in [5, 5.41) is 12.6. The van der Waals surface area contributed by atoms with Crippen LogP contribution in [-0.4, -0.2) is 33.3 Å². The molecule has 0 unspecified atom stereocenters. The maximum absolute atomic E-state index is 11.9. The largest absolute Gasteiger partial charge is 0.490 e. The predicted octanol–water partition coefficient (Wildman–Crippen LogP) is 1.66. The van der Waals surface area contributed by atoms with E-state index in [-0.39, 0.29) is 13.2 Å². The number of nitrogens with one attached hydrogen (secondary N) is 1. The normalized spacial score (nSPS) is 12.0. The molecule has 1 heterocycles. The number of para-hydroxylation sites is 1. The molecule has 6 nitrogen and oxygen atoms in total. The molecule has 0 aliphatic carbocycles. The van der Waals surface area contributed by atoms with E-state index in [2.05, 4.69) is 17.2 Å². The Morgan fingerprint density at radius 1 is 1.43 bits per heavy atom. The van der Waals surface area contributed by atoms with Gasteiger partial charge in [0.05, 0.1) is 6.54 Å². The Morgan fingerprint density at radius 2 is 2.22 bits per heavy atom. The Balaban J connectivity index is 1.81. The molecule has 6 heteroatoms. The number of hydrogen-bond acceptors (Lipinski definition) is 4. The van der Waals surface area contributed by atoms with Crippen molar-refractivity contribution in [3.63, 3.8) is 0 Å². The van der Waals surface area contributed by atoms with Crippen molar-refractivity contribution < 1.29 is 14.6 Å². The highest BCUT2D eigenvalue weighted by Gasteiger charge is 2.16. The zero-order valence-corrected chi connectivity index (χ0v) is 13.5. The summed E-state index contributed by atoms with van der Waals surface area (Å²) < 4.78 is 7.47. The number of imidazole rings is 1. The van der Waals surface area contributed by atoms with E-state index in [9.17, 15) is 9.90 Å². The molecule has 0 saturated heterocycles. The van der Waals surface area contributed by atoms with Crippen molar-refractivity contribution >= 4 is 5.91 Å². The Morgan fingerprint density at radius 3 is 2.96 bits per heavy atom. The molecule has 1 atom stereocenters. The van der Waals surface area contributed by atoms with Crippen molar-refractivity contribution in [2.24, 2.45) is 0 Å². The van der Waals surface area contributed by atoms with Crippen molar-refractivity contribution in [1.82, 2.24) is 14.9 Å². The summed E-state index contributed by atoms with van der Waals surface area (Å²) >= 11 is 0. The Kier molecular flexibility index (Phi) is 6.17. The van der Waals surface area contributed by atoms with Gasteiger partial charge in [-0.3, -0.25) is 4.79 Å². The standard InChI is InChI=1S/C17H23N3O3/c1-3-9-20-10-8-18-16(20)11-19-17(22)14(21)12-23-15-7-5-4-6-13(15)2/h4-8,10,14,21H,3,9,11-12H2,1-2H3,(H,19,22)/t14-/m1/s1. The number of amides is 1. The van der Waals surface area contributed by atoms with Gasteiger partial charge >= 0.3 is 0 Å². The lowest BCUT2D eigenvalue weighted by atomic mass is 10.2. The second kappa shape index (κ2) is 8.33. The van der Waals surface area contributed by atoms with Gasteiger partial charge in [-0.05, 0) is 25.0 Å². The molecular weight excluding hydrogens is 294 g/mol. The fourth-order valence-corrected chi connectivity index (χ4v) is 2.20. The molecule has 0 fully saturated rings. The SMILES string of the molecule is CCCn1ccnc1CNC(=O)[C@H](O)COc1ccccc1C. The minimum Gasteiger partial charge on any atom is -0.490 e. The number of aromatic nitrogens is 2. The number of carbonyl (C=O) groups is 1. The van der Waals surface area contributed by atoms with E-state index in [1.165, 1.54) is 0 Å². The van der Waals surface area contributed by atoms with Crippen molar-refractivity contribution in [3.05, 3.63) is 48.0 Å². The summed E-state index contributed by atoms with van der Waals surface area (Å²) in [6.07, 6.45) is 3.35. The number of aliphatic hydroxyl groups excluding tert-OH is 1. The van der Waals surface area contributed by atoms with Crippen LogP contribution in [0.4, 0.5) is 0 Å². The molecule has 0 bridgehead atoms. The van der Waals surface area contributed by atoms with Crippen LogP contribution < -0.4 is 10.1 Å². The van der Waals surface area contributed by atoms with Gasteiger partial charge in [0.25, 0.3) is 5.91 Å². The van der Waals surface area contributed by atoms with Gasteiger partial charge in [-0.1, -0.05) is 25.1 Å². The minimum atomic E-state index is -1.22. The number of nitrogens with zero attached hydrogens (tertiary/aromatic N) is 2. The maximum atomic E-state index is 11.9. The summed E-state index contributed by atoms with van der Waals surface area (Å²) in [6.45, 7) is 5.04. The third-order valence-electron chi connectivity index (χ3n) is 3.48. The number of rotatable bonds is 8. The highest BCUT2D eigenvalue weighted by atomic mass is 16.5. The van der Waals surface area contributed by atoms with Gasteiger partial charge in [0.1, 0.15) is 18.2 Å². The van der Waals surface area contributed by atoms with E-state index in [0.29, 0.717) is 5.75 Å². The van der Waals surface area contributed by atoms with Crippen LogP contribution in [-0.2, 0) is 17.9 Å². The smallest absolute Gasteiger partial charge is 0.252 e. The average molecular weight is 317 g/mol. The first-order chi connectivity index (χ1) is 11.1. The van der Waals surface area contributed by atoms with Crippen LogP contribution in [0.5, 0.6) is 5.75 Å². The average Bonchev–Trinajstić information content (AvgIpc) is 2.99. The van der Waals surface area contributed by atoms with E-state index in [1.54, 1.807) is 6.20 Å². The molecule has 0 saturated carbocycles. The van der Waals surface area contributed by atoms with Gasteiger partial charge in [0.2, 0.25) is 0 Å². The van der Waals surface area contributed by atoms with E-state index in [1.807, 2.05) is 42.0 Å². The highest BCUT2D eigenvalue weighted by Crippen LogP contribution is 2.16. The van der Waals surface area contributed by atoms with Gasteiger partial charge in [0, 0.05) is 18.9 Å². The third kappa shape index (κ3) is 4.82. The lowest BCUT2D eigenvalue weighted by Gasteiger charge is -2.14. The first kappa shape index (κ1) is 17.0. The summed E-state index contributed by atoms with van der Waals surface area (Å²) in [7, 11) is 0. The summed E-state index contributed by atoms with van der Waals surface area (Å²) in [4.78, 5) is 16.1. The fourth-order valence-electron chi connectivity index (χ4n) is 2.20. The van der Waals surface area contributed by atoms with Crippen LogP contribution in [0.3, 0.4) is 0 Å². The fraction of sp³-hybridized carbons (Fsp3) is 0.412. The quantitative estimate of drug-likeness (QED) is 0.776. The van der Waals surface area contributed by atoms with Gasteiger partial charge in [-0.15, -0.1) is 0 Å². The van der Waals surface area contributed by atoms with E-state index >= 15 is 0 Å². The minimum absolute atomic E-state index is 0.0832. The molecule has 1 aromatic heterocycles. The highest BCUT2D eigenvalue weighted by molar-refractivity contribution is 5.80. The lowest BCUT2D eigenvalue weighted by molar-refractivity contribution is -0.130. The topological polar surface area (TPSA) is 76.4 Å². The van der Waals surface area contributed by atoms with Crippen LogP contribution in [0.15, 0.2) is 36.7 Å². The summed E-state index contributed by atoms with van der Waals surface area (Å²) in [6, 6.07) is 7.48. The predicted molar refractivity (Wildman–Crippen MR) is 87.0 cm³/mol. The first-order valence-corrected chi connectivity index (χ1v) is 7.76. The zero-order valence-electron chi connectivity index (χ0n) is 13.5. The van der Waals surface area contributed by atoms with Gasteiger partial charge < -0.3 is 19.7 Å². The Hall–Kier alpha value is -2.34. The summed E-state index contributed by atoms with van der Waals surface area (Å²) in [5.74, 6) is 0.967. The molecule has 2 N–H and O–H groups in total. The molecular formula is C17H23N3O3. The molecule has 124 valence electrons. The first-order valence-electron chi connectivity index (χ1n) is 7.76. The number of carbonyl (C=O) groups excluding carboxylic acids is 1. The summed E-state index contributed by atoms with van der Waals surface area (Å²) in [5.41, 5.74) is 0.960. The van der Waals surface area contributed by atoms with Gasteiger partial charge in [-0.2, -0.15) is 0 Å². The van der Waals surface area contributed by atoms with Gasteiger partial charge in [-0.25, -0.2) is 4.98 Å². The Bertz CT molecular complexity index is 640. The number of ether oxygens (including phenoxy) is 1. The molecule has 0 radical (unpaired) electrons. The molecule has 23 heavy (non-hydrogen) atoms. The number of aliphatic hydroxyl groups is 1. The molecule has 0 aliphatic heterocycles. The maximum Gasteiger partial charge on any atom is 0.252 e. The molecule has 0 aliphatic rings.